The normalized spacial score (nSPS) is 24.7. The van der Waals surface area contributed by atoms with Crippen LogP contribution in [0, 0.1) is 29.6 Å². The summed E-state index contributed by atoms with van der Waals surface area (Å²) in [5.74, 6) is 16.1. The van der Waals surface area contributed by atoms with Gasteiger partial charge < -0.3 is 95.3 Å². The Balaban J connectivity index is 0.00000310. The van der Waals surface area contributed by atoms with E-state index in [0.29, 0.717) is 11.8 Å². The van der Waals surface area contributed by atoms with E-state index in [4.69, 9.17) is 9.47 Å². The lowest BCUT2D eigenvalue weighted by Crippen LogP contribution is -3.00. The number of ether oxygens (including phenoxy) is 2. The van der Waals surface area contributed by atoms with Crippen molar-refractivity contribution in [2.45, 2.75) is 98.8 Å². The first-order valence-corrected chi connectivity index (χ1v) is 23.1. The fourth-order valence-corrected chi connectivity index (χ4v) is 10.0. The Kier molecular flexibility index (Phi) is 23.9. The van der Waals surface area contributed by atoms with Crippen LogP contribution in [0.15, 0.2) is 36.4 Å². The fraction of sp³-hybridized carbons (Fsp3) is 0.680. The van der Waals surface area contributed by atoms with E-state index in [9.17, 15) is 0 Å². The second-order valence-electron chi connectivity index (χ2n) is 19.1. The lowest BCUT2D eigenvalue weighted by Gasteiger charge is -2.55. The Hall–Kier alpha value is -1.08. The highest BCUT2D eigenvalue weighted by molar-refractivity contribution is 5.56. The molecule has 0 aromatic heterocycles. The maximum atomic E-state index is 6.80. The minimum atomic E-state index is 0. The van der Waals surface area contributed by atoms with Crippen LogP contribution in [0.2, 0.25) is 0 Å². The SMILES string of the molecule is CCCCCC[N+]12CC[N+](CCOc3cc(C(C)C)c(OCC[N+]45CC[N+](CCCCCC)(CC4)CC5)cc3C#Cc3ccc(C#CC(C)C)cc3)(CC1)CC2.[Br-].[Br-].[Br-].[Br-]. The second-order valence-corrected chi connectivity index (χ2v) is 19.1. The molecule has 2 aromatic rings. The van der Waals surface area contributed by atoms with Crippen LogP contribution < -0.4 is 77.4 Å². The highest BCUT2D eigenvalue weighted by Gasteiger charge is 2.49. The van der Waals surface area contributed by atoms with E-state index >= 15 is 0 Å². The molecule has 0 aliphatic carbocycles. The van der Waals surface area contributed by atoms with Gasteiger partial charge in [0.1, 0.15) is 116 Å². The summed E-state index contributed by atoms with van der Waals surface area (Å²) in [4.78, 5) is 0. The molecule has 6 nitrogen and oxygen atoms in total. The van der Waals surface area contributed by atoms with Gasteiger partial charge in [0, 0.05) is 22.6 Å². The molecule has 338 valence electrons. The minimum absolute atomic E-state index is 0. The topological polar surface area (TPSA) is 18.5 Å². The molecule has 4 bridgehead atoms. The average Bonchev–Trinajstić information content (AvgIpc) is 3.22. The molecule has 0 saturated carbocycles. The van der Waals surface area contributed by atoms with E-state index in [2.05, 4.69) is 102 Å². The van der Waals surface area contributed by atoms with Gasteiger partial charge in [-0.1, -0.05) is 90.9 Å². The van der Waals surface area contributed by atoms with Crippen LogP contribution in [-0.2, 0) is 0 Å². The maximum Gasteiger partial charge on any atom is 0.137 e. The summed E-state index contributed by atoms with van der Waals surface area (Å²) in [6.07, 6.45) is 11.0. The molecule has 0 radical (unpaired) electrons. The second kappa shape index (κ2) is 26.0. The first kappa shape index (κ1) is 55.1. The van der Waals surface area contributed by atoms with Crippen molar-refractivity contribution in [1.82, 2.24) is 0 Å². The number of unbranched alkanes of at least 4 members (excludes halogenated alkanes) is 6. The molecule has 0 spiro atoms. The smallest absolute Gasteiger partial charge is 0.137 e. The van der Waals surface area contributed by atoms with Gasteiger partial charge in [0.05, 0.1) is 18.7 Å². The van der Waals surface area contributed by atoms with E-state index in [-0.39, 0.29) is 67.9 Å². The van der Waals surface area contributed by atoms with Crippen LogP contribution >= 0.6 is 0 Å². The van der Waals surface area contributed by atoms with Crippen molar-refractivity contribution in [3.8, 4) is 35.2 Å². The number of benzene rings is 2. The molecule has 6 fully saturated rings. The Labute approximate surface area is 408 Å². The standard InChI is InChI=1S/C50H78N4O2.4BrH/c1-7-9-11-13-23-51-25-31-53(32-26-51,33-27-51)37-39-55-49-42-48(44(5)6)50(41-47(49)22-21-46-19-17-45(18-20-46)16-15-43(3)4)56-40-38-54-34-28-52(29-35-54,30-36-54)24-14-12-10-8-2;;;;/h17-20,41-44H,7-14,23-40H2,1-6H3;4*1H/q+4;;;;/p-4. The molecule has 8 rings (SSSR count). The van der Waals surface area contributed by atoms with Crippen molar-refractivity contribution in [1.29, 1.82) is 0 Å². The van der Waals surface area contributed by atoms with Crippen LogP contribution in [0.1, 0.15) is 121 Å². The van der Waals surface area contributed by atoms with Gasteiger partial charge in [-0.3, -0.25) is 0 Å². The van der Waals surface area contributed by atoms with Crippen LogP contribution in [-0.4, -0.2) is 136 Å². The molecule has 0 N–H and O–H groups in total. The van der Waals surface area contributed by atoms with Gasteiger partial charge in [0.2, 0.25) is 0 Å². The molecule has 6 aliphatic heterocycles. The van der Waals surface area contributed by atoms with Gasteiger partial charge >= 0.3 is 0 Å². The zero-order valence-electron chi connectivity index (χ0n) is 38.1. The Bertz CT molecular complexity index is 1660. The van der Waals surface area contributed by atoms with E-state index in [1.807, 2.05) is 0 Å². The molecule has 0 amide bonds. The van der Waals surface area contributed by atoms with Crippen molar-refractivity contribution < 1.29 is 95.3 Å². The van der Waals surface area contributed by atoms with Gasteiger partial charge in [-0.05, 0) is 68.0 Å². The van der Waals surface area contributed by atoms with E-state index in [1.54, 1.807) is 0 Å². The van der Waals surface area contributed by atoms with E-state index < -0.39 is 0 Å². The van der Waals surface area contributed by atoms with Gasteiger partial charge in [-0.25, -0.2) is 0 Å². The van der Waals surface area contributed by atoms with E-state index in [1.165, 1.54) is 166 Å². The number of hydrogen-bond acceptors (Lipinski definition) is 2. The summed E-state index contributed by atoms with van der Waals surface area (Å²) in [6, 6.07) is 12.8. The first-order valence-electron chi connectivity index (χ1n) is 23.1. The van der Waals surface area contributed by atoms with Crippen LogP contribution in [0.3, 0.4) is 0 Å². The van der Waals surface area contributed by atoms with Crippen molar-refractivity contribution in [2.24, 2.45) is 5.92 Å². The molecule has 10 heteroatoms. The summed E-state index contributed by atoms with van der Waals surface area (Å²) in [6.45, 7) is 35.7. The summed E-state index contributed by atoms with van der Waals surface area (Å²) < 4.78 is 18.8. The third kappa shape index (κ3) is 15.0. The van der Waals surface area contributed by atoms with Gasteiger partial charge in [-0.2, -0.15) is 0 Å². The molecule has 6 heterocycles. The van der Waals surface area contributed by atoms with Gasteiger partial charge in [0.15, 0.2) is 0 Å². The average molecular weight is 1090 g/mol. The highest BCUT2D eigenvalue weighted by atomic mass is 79.9. The molecular weight excluding hydrogens is 1010 g/mol. The Morgan fingerprint density at radius 3 is 1.28 bits per heavy atom. The van der Waals surface area contributed by atoms with Crippen molar-refractivity contribution >= 4 is 0 Å². The Morgan fingerprint density at radius 2 is 0.883 bits per heavy atom. The first-order chi connectivity index (χ1) is 27.1. The molecule has 2 aromatic carbocycles. The van der Waals surface area contributed by atoms with Crippen LogP contribution in [0.25, 0.3) is 0 Å². The van der Waals surface area contributed by atoms with Gasteiger partial charge in [-0.15, -0.1) is 0 Å². The van der Waals surface area contributed by atoms with E-state index in [0.717, 1.165) is 54.5 Å². The predicted molar refractivity (Wildman–Crippen MR) is 233 cm³/mol. The number of rotatable bonds is 19. The largest absolute Gasteiger partial charge is 1.00 e. The number of nitrogens with zero attached hydrogens (tertiary/aromatic N) is 4. The molecule has 60 heavy (non-hydrogen) atoms. The number of fused-ring (bicyclic) bond motifs is 6. The summed E-state index contributed by atoms with van der Waals surface area (Å²) in [5, 5.41) is 0. The van der Waals surface area contributed by atoms with Crippen molar-refractivity contribution in [3.63, 3.8) is 0 Å². The Morgan fingerprint density at radius 1 is 0.483 bits per heavy atom. The number of quaternary nitrogens is 4. The lowest BCUT2D eigenvalue weighted by atomic mass is 9.99. The maximum absolute atomic E-state index is 6.80. The summed E-state index contributed by atoms with van der Waals surface area (Å²) in [5.41, 5.74) is 4.18. The number of piperazine rings is 6. The fourth-order valence-electron chi connectivity index (χ4n) is 10.0. The zero-order valence-corrected chi connectivity index (χ0v) is 44.5. The number of halogens is 4. The van der Waals surface area contributed by atoms with Crippen molar-refractivity contribution in [2.75, 3.05) is 118 Å². The molecule has 0 atom stereocenters. The van der Waals surface area contributed by atoms with Crippen molar-refractivity contribution in [3.05, 3.63) is 58.7 Å². The lowest BCUT2D eigenvalue weighted by molar-refractivity contribution is -1.08. The number of hydrogen-bond donors (Lipinski definition) is 0. The summed E-state index contributed by atoms with van der Waals surface area (Å²) >= 11 is 0. The van der Waals surface area contributed by atoms with Crippen LogP contribution in [0.4, 0.5) is 0 Å². The third-order valence-corrected chi connectivity index (χ3v) is 14.4. The molecule has 6 aliphatic rings. The monoisotopic (exact) mass is 1080 g/mol. The molecular formula is C50H78Br4N4O2. The molecule has 6 saturated heterocycles. The highest BCUT2D eigenvalue weighted by Crippen LogP contribution is 2.35. The van der Waals surface area contributed by atoms with Gasteiger partial charge in [0.25, 0.3) is 0 Å². The predicted octanol–water partition coefficient (Wildman–Crippen LogP) is -3.53. The molecule has 0 unspecified atom stereocenters. The zero-order chi connectivity index (χ0) is 39.5. The quantitative estimate of drug-likeness (QED) is 0.0828. The minimum Gasteiger partial charge on any atom is -1.00 e. The summed E-state index contributed by atoms with van der Waals surface area (Å²) in [7, 11) is 0. The van der Waals surface area contributed by atoms with Crippen LogP contribution in [0.5, 0.6) is 11.5 Å². The third-order valence-electron chi connectivity index (χ3n) is 14.4.